The third-order valence-electron chi connectivity index (χ3n) is 3.37. The maximum Gasteiger partial charge on any atom is 0.147 e. The molecule has 1 fully saturated rings. The minimum absolute atomic E-state index is 0.435. The van der Waals surface area contributed by atoms with Gasteiger partial charge in [-0.25, -0.2) is 4.98 Å². The zero-order valence-corrected chi connectivity index (χ0v) is 10.1. The lowest BCUT2D eigenvalue weighted by Crippen LogP contribution is -2.44. The summed E-state index contributed by atoms with van der Waals surface area (Å²) < 4.78 is 0. The van der Waals surface area contributed by atoms with Gasteiger partial charge in [-0.2, -0.15) is 0 Å². The Morgan fingerprint density at radius 2 is 2.19 bits per heavy atom. The molecule has 1 unspecified atom stereocenters. The summed E-state index contributed by atoms with van der Waals surface area (Å²) in [5, 5.41) is 0. The Bertz CT molecular complexity index is 364. The Balaban J connectivity index is 2.23. The first kappa shape index (κ1) is 11.3. The van der Waals surface area contributed by atoms with Gasteiger partial charge in [0.2, 0.25) is 0 Å². The summed E-state index contributed by atoms with van der Waals surface area (Å²) in [5.74, 6) is 0.984. The molecular formula is C12H20N4. The fraction of sp³-hybridized carbons (Fsp3) is 0.667. The molecule has 0 saturated carbocycles. The number of piperidine rings is 1. The van der Waals surface area contributed by atoms with Gasteiger partial charge in [0.05, 0.1) is 17.6 Å². The van der Waals surface area contributed by atoms with E-state index >= 15 is 0 Å². The van der Waals surface area contributed by atoms with Gasteiger partial charge >= 0.3 is 0 Å². The van der Waals surface area contributed by atoms with Gasteiger partial charge in [0.1, 0.15) is 5.82 Å². The summed E-state index contributed by atoms with van der Waals surface area (Å²) in [7, 11) is 0. The van der Waals surface area contributed by atoms with Crippen molar-refractivity contribution in [2.75, 3.05) is 18.0 Å². The van der Waals surface area contributed by atoms with Crippen LogP contribution in [0.3, 0.4) is 0 Å². The van der Waals surface area contributed by atoms with Gasteiger partial charge in [-0.15, -0.1) is 0 Å². The van der Waals surface area contributed by atoms with E-state index in [1.807, 2.05) is 20.0 Å². The lowest BCUT2D eigenvalue weighted by Gasteiger charge is -2.35. The molecule has 0 spiro atoms. The molecular weight excluding hydrogens is 200 g/mol. The Hall–Kier alpha value is -1.16. The second-order valence-corrected chi connectivity index (χ2v) is 4.48. The molecule has 0 bridgehead atoms. The van der Waals surface area contributed by atoms with Crippen LogP contribution in [0.25, 0.3) is 0 Å². The smallest absolute Gasteiger partial charge is 0.147 e. The van der Waals surface area contributed by atoms with E-state index in [4.69, 9.17) is 5.73 Å². The van der Waals surface area contributed by atoms with Crippen LogP contribution in [-0.4, -0.2) is 29.1 Å². The summed E-state index contributed by atoms with van der Waals surface area (Å²) in [6, 6.07) is 0.435. The maximum absolute atomic E-state index is 5.81. The van der Waals surface area contributed by atoms with Crippen molar-refractivity contribution in [2.45, 2.75) is 39.2 Å². The molecule has 4 heteroatoms. The van der Waals surface area contributed by atoms with E-state index in [1.165, 1.54) is 19.3 Å². The molecule has 1 saturated heterocycles. The maximum atomic E-state index is 5.81. The molecule has 2 rings (SSSR count). The fourth-order valence-electron chi connectivity index (χ4n) is 2.22. The Kier molecular flexibility index (Phi) is 3.39. The lowest BCUT2D eigenvalue weighted by atomic mass is 10.0. The topological polar surface area (TPSA) is 55.0 Å². The molecule has 1 aliphatic rings. The minimum Gasteiger partial charge on any atom is -0.351 e. The standard InChI is InChI=1S/C12H20N4/c1-9-10(2)15-12(8-14-9)16-6-4-3-5-11(16)7-13/h8,11H,3-7,13H2,1-2H3. The van der Waals surface area contributed by atoms with Crippen LogP contribution in [-0.2, 0) is 0 Å². The van der Waals surface area contributed by atoms with Gasteiger partial charge in [0.15, 0.2) is 0 Å². The Morgan fingerprint density at radius 1 is 1.38 bits per heavy atom. The van der Waals surface area contributed by atoms with Crippen LogP contribution < -0.4 is 10.6 Å². The van der Waals surface area contributed by atoms with E-state index in [0.717, 1.165) is 23.8 Å². The summed E-state index contributed by atoms with van der Waals surface area (Å²) in [6.07, 6.45) is 5.54. The third-order valence-corrected chi connectivity index (χ3v) is 3.37. The molecule has 16 heavy (non-hydrogen) atoms. The molecule has 1 aromatic rings. The van der Waals surface area contributed by atoms with E-state index in [-0.39, 0.29) is 0 Å². The molecule has 1 aromatic heterocycles. The van der Waals surface area contributed by atoms with Crippen LogP contribution in [0.15, 0.2) is 6.20 Å². The van der Waals surface area contributed by atoms with Crippen molar-refractivity contribution in [1.29, 1.82) is 0 Å². The van der Waals surface area contributed by atoms with Crippen molar-refractivity contribution in [3.8, 4) is 0 Å². The summed E-state index contributed by atoms with van der Waals surface area (Å²) in [5.41, 5.74) is 7.83. The average molecular weight is 220 g/mol. The number of nitrogens with zero attached hydrogens (tertiary/aromatic N) is 3. The number of nitrogens with two attached hydrogens (primary N) is 1. The number of aryl methyl sites for hydroxylation is 2. The molecule has 0 amide bonds. The number of hydrogen-bond donors (Lipinski definition) is 1. The monoisotopic (exact) mass is 220 g/mol. The van der Waals surface area contributed by atoms with Gasteiger partial charge in [-0.3, -0.25) is 4.98 Å². The number of rotatable bonds is 2. The summed E-state index contributed by atoms with van der Waals surface area (Å²) in [4.78, 5) is 11.3. The summed E-state index contributed by atoms with van der Waals surface area (Å²) in [6.45, 7) is 5.75. The largest absolute Gasteiger partial charge is 0.351 e. The minimum atomic E-state index is 0.435. The fourth-order valence-corrected chi connectivity index (χ4v) is 2.22. The molecule has 2 heterocycles. The summed E-state index contributed by atoms with van der Waals surface area (Å²) >= 11 is 0. The average Bonchev–Trinajstić information content (AvgIpc) is 2.32. The van der Waals surface area contributed by atoms with Crippen LogP contribution in [0, 0.1) is 13.8 Å². The van der Waals surface area contributed by atoms with Crippen molar-refractivity contribution in [3.63, 3.8) is 0 Å². The Labute approximate surface area is 96.9 Å². The van der Waals surface area contributed by atoms with Gasteiger partial charge in [0, 0.05) is 19.1 Å². The first-order valence-corrected chi connectivity index (χ1v) is 5.99. The van der Waals surface area contributed by atoms with Crippen LogP contribution in [0.1, 0.15) is 30.7 Å². The van der Waals surface area contributed by atoms with Gasteiger partial charge < -0.3 is 10.6 Å². The van der Waals surface area contributed by atoms with Crippen molar-refractivity contribution < 1.29 is 0 Å². The van der Waals surface area contributed by atoms with E-state index in [1.54, 1.807) is 0 Å². The Morgan fingerprint density at radius 3 is 2.88 bits per heavy atom. The third kappa shape index (κ3) is 2.16. The first-order valence-electron chi connectivity index (χ1n) is 5.99. The molecule has 4 nitrogen and oxygen atoms in total. The highest BCUT2D eigenvalue weighted by molar-refractivity contribution is 5.39. The molecule has 1 aliphatic heterocycles. The predicted octanol–water partition coefficient (Wildman–Crippen LogP) is 1.41. The highest BCUT2D eigenvalue weighted by atomic mass is 15.2. The van der Waals surface area contributed by atoms with Crippen molar-refractivity contribution in [1.82, 2.24) is 9.97 Å². The highest BCUT2D eigenvalue weighted by Crippen LogP contribution is 2.22. The van der Waals surface area contributed by atoms with Crippen LogP contribution >= 0.6 is 0 Å². The number of anilines is 1. The predicted molar refractivity (Wildman–Crippen MR) is 65.5 cm³/mol. The second kappa shape index (κ2) is 4.78. The quantitative estimate of drug-likeness (QED) is 0.818. The second-order valence-electron chi connectivity index (χ2n) is 4.48. The molecule has 1 atom stereocenters. The van der Waals surface area contributed by atoms with Crippen LogP contribution in [0.4, 0.5) is 5.82 Å². The molecule has 2 N–H and O–H groups in total. The van der Waals surface area contributed by atoms with Gasteiger partial charge in [-0.05, 0) is 33.1 Å². The van der Waals surface area contributed by atoms with Crippen LogP contribution in [0.5, 0.6) is 0 Å². The zero-order chi connectivity index (χ0) is 11.5. The van der Waals surface area contributed by atoms with E-state index < -0.39 is 0 Å². The van der Waals surface area contributed by atoms with Crippen molar-refractivity contribution in [3.05, 3.63) is 17.6 Å². The van der Waals surface area contributed by atoms with E-state index in [0.29, 0.717) is 12.6 Å². The SMILES string of the molecule is Cc1ncc(N2CCCCC2CN)nc1C. The molecule has 0 aliphatic carbocycles. The molecule has 0 radical (unpaired) electrons. The van der Waals surface area contributed by atoms with E-state index in [2.05, 4.69) is 14.9 Å². The lowest BCUT2D eigenvalue weighted by molar-refractivity contribution is 0.461. The van der Waals surface area contributed by atoms with E-state index in [9.17, 15) is 0 Å². The molecule has 88 valence electrons. The number of hydrogen-bond acceptors (Lipinski definition) is 4. The highest BCUT2D eigenvalue weighted by Gasteiger charge is 2.22. The number of aromatic nitrogens is 2. The first-order chi connectivity index (χ1) is 7.72. The zero-order valence-electron chi connectivity index (χ0n) is 10.1. The molecule has 0 aromatic carbocycles. The van der Waals surface area contributed by atoms with Crippen molar-refractivity contribution in [2.24, 2.45) is 5.73 Å². The van der Waals surface area contributed by atoms with Gasteiger partial charge in [-0.1, -0.05) is 0 Å². The van der Waals surface area contributed by atoms with Crippen LogP contribution in [0.2, 0.25) is 0 Å². The normalized spacial score (nSPS) is 21.2. The van der Waals surface area contributed by atoms with Crippen molar-refractivity contribution >= 4 is 5.82 Å². The van der Waals surface area contributed by atoms with Gasteiger partial charge in [0.25, 0.3) is 0 Å².